The van der Waals surface area contributed by atoms with Gasteiger partial charge in [-0.15, -0.1) is 0 Å². The number of aryl methyl sites for hydroxylation is 1. The Balaban J connectivity index is 2.28. The summed E-state index contributed by atoms with van der Waals surface area (Å²) in [6, 6.07) is 3.97. The van der Waals surface area contributed by atoms with Gasteiger partial charge in [-0.3, -0.25) is 4.98 Å². The predicted molar refractivity (Wildman–Crippen MR) is 56.0 cm³/mol. The maximum absolute atomic E-state index is 10.4. The van der Waals surface area contributed by atoms with Crippen molar-refractivity contribution in [1.29, 1.82) is 0 Å². The average molecular weight is 191 g/mol. The van der Waals surface area contributed by atoms with Crippen molar-refractivity contribution in [2.75, 3.05) is 0 Å². The summed E-state index contributed by atoms with van der Waals surface area (Å²) in [4.78, 5) is 4.28. The van der Waals surface area contributed by atoms with Crippen LogP contribution < -0.4 is 0 Å². The summed E-state index contributed by atoms with van der Waals surface area (Å²) in [5, 5.41) is 10.4. The number of rotatable bonds is 1. The number of hydrogen-bond donors (Lipinski definition) is 1. The number of hydrogen-bond acceptors (Lipinski definition) is 2. The molecule has 1 heterocycles. The Hall–Kier alpha value is -0.890. The van der Waals surface area contributed by atoms with Gasteiger partial charge in [-0.1, -0.05) is 19.3 Å². The van der Waals surface area contributed by atoms with Gasteiger partial charge in [-0.25, -0.2) is 0 Å². The highest BCUT2D eigenvalue weighted by atomic mass is 16.3. The van der Waals surface area contributed by atoms with E-state index in [1.807, 2.05) is 19.1 Å². The van der Waals surface area contributed by atoms with Crippen molar-refractivity contribution in [3.63, 3.8) is 0 Å². The summed E-state index contributed by atoms with van der Waals surface area (Å²) >= 11 is 0. The van der Waals surface area contributed by atoms with Gasteiger partial charge >= 0.3 is 0 Å². The number of aromatic nitrogens is 1. The molecule has 14 heavy (non-hydrogen) atoms. The molecule has 0 aromatic carbocycles. The summed E-state index contributed by atoms with van der Waals surface area (Å²) in [6.45, 7) is 2.04. The lowest BCUT2D eigenvalue weighted by atomic mass is 9.82. The van der Waals surface area contributed by atoms with E-state index in [0.717, 1.165) is 31.4 Å². The molecule has 0 radical (unpaired) electrons. The van der Waals surface area contributed by atoms with Gasteiger partial charge < -0.3 is 5.11 Å². The molecule has 1 fully saturated rings. The Bertz CT molecular complexity index is 316. The van der Waals surface area contributed by atoms with E-state index in [2.05, 4.69) is 4.98 Å². The van der Waals surface area contributed by atoms with E-state index >= 15 is 0 Å². The van der Waals surface area contributed by atoms with E-state index < -0.39 is 5.60 Å². The van der Waals surface area contributed by atoms with Gasteiger partial charge in [0.05, 0.1) is 5.69 Å². The molecule has 0 bridgehead atoms. The van der Waals surface area contributed by atoms with E-state index in [-0.39, 0.29) is 0 Å². The quantitative estimate of drug-likeness (QED) is 0.740. The van der Waals surface area contributed by atoms with Crippen LogP contribution in [0, 0.1) is 6.92 Å². The molecule has 1 aliphatic carbocycles. The number of nitrogens with zero attached hydrogens (tertiary/aromatic N) is 1. The van der Waals surface area contributed by atoms with Crippen molar-refractivity contribution >= 4 is 0 Å². The lowest BCUT2D eigenvalue weighted by Gasteiger charge is -2.31. The standard InChI is InChI=1S/C12H17NO/c1-10-5-8-13-11(9-10)12(14)6-3-2-4-7-12/h5,8-9,14H,2-4,6-7H2,1H3. The second-order valence-corrected chi connectivity index (χ2v) is 4.31. The first kappa shape index (κ1) is 9.66. The monoisotopic (exact) mass is 191 g/mol. The highest BCUT2D eigenvalue weighted by molar-refractivity contribution is 5.20. The molecule has 0 spiro atoms. The van der Waals surface area contributed by atoms with E-state index in [9.17, 15) is 5.11 Å². The van der Waals surface area contributed by atoms with Crippen LogP contribution in [0.25, 0.3) is 0 Å². The van der Waals surface area contributed by atoms with Crippen molar-refractivity contribution in [2.24, 2.45) is 0 Å². The fourth-order valence-corrected chi connectivity index (χ4v) is 2.18. The van der Waals surface area contributed by atoms with E-state index in [1.54, 1.807) is 6.20 Å². The summed E-state index contributed by atoms with van der Waals surface area (Å²) in [6.07, 6.45) is 7.00. The zero-order valence-electron chi connectivity index (χ0n) is 8.66. The molecule has 1 aromatic rings. The number of pyridine rings is 1. The van der Waals surface area contributed by atoms with Gasteiger partial charge in [0.25, 0.3) is 0 Å². The third-order valence-corrected chi connectivity index (χ3v) is 3.07. The van der Waals surface area contributed by atoms with Crippen LogP contribution in [0.4, 0.5) is 0 Å². The maximum atomic E-state index is 10.4. The Morgan fingerprint density at radius 1 is 1.29 bits per heavy atom. The third-order valence-electron chi connectivity index (χ3n) is 3.07. The first-order chi connectivity index (χ1) is 6.71. The molecular formula is C12H17NO. The molecule has 2 rings (SSSR count). The Morgan fingerprint density at radius 2 is 2.00 bits per heavy atom. The van der Waals surface area contributed by atoms with E-state index in [4.69, 9.17) is 0 Å². The van der Waals surface area contributed by atoms with Crippen molar-refractivity contribution in [2.45, 2.75) is 44.6 Å². The Morgan fingerprint density at radius 3 is 2.64 bits per heavy atom. The Labute approximate surface area is 85.0 Å². The van der Waals surface area contributed by atoms with Crippen LogP contribution in [0.1, 0.15) is 43.4 Å². The minimum atomic E-state index is -0.649. The maximum Gasteiger partial charge on any atom is 0.106 e. The molecule has 76 valence electrons. The molecule has 1 N–H and O–H groups in total. The molecule has 0 saturated heterocycles. The summed E-state index contributed by atoms with van der Waals surface area (Å²) < 4.78 is 0. The lowest BCUT2D eigenvalue weighted by Crippen LogP contribution is -2.29. The smallest absolute Gasteiger partial charge is 0.106 e. The van der Waals surface area contributed by atoms with Gasteiger partial charge in [0.2, 0.25) is 0 Å². The molecule has 1 aromatic heterocycles. The van der Waals surface area contributed by atoms with Crippen molar-refractivity contribution in [1.82, 2.24) is 4.98 Å². The largest absolute Gasteiger partial charge is 0.384 e. The van der Waals surface area contributed by atoms with E-state index in [1.165, 1.54) is 12.0 Å². The molecule has 1 aliphatic rings. The van der Waals surface area contributed by atoms with Crippen LogP contribution in [0.5, 0.6) is 0 Å². The minimum absolute atomic E-state index is 0.649. The van der Waals surface area contributed by atoms with E-state index in [0.29, 0.717) is 0 Å². The topological polar surface area (TPSA) is 33.1 Å². The second-order valence-electron chi connectivity index (χ2n) is 4.31. The first-order valence-electron chi connectivity index (χ1n) is 5.36. The Kier molecular flexibility index (Phi) is 2.55. The normalized spacial score (nSPS) is 20.7. The fourth-order valence-electron chi connectivity index (χ4n) is 2.18. The van der Waals surface area contributed by atoms with Gasteiger partial charge in [-0.2, -0.15) is 0 Å². The van der Waals surface area contributed by atoms with Crippen molar-refractivity contribution in [3.8, 4) is 0 Å². The van der Waals surface area contributed by atoms with Crippen LogP contribution in [0.2, 0.25) is 0 Å². The minimum Gasteiger partial charge on any atom is -0.384 e. The van der Waals surface area contributed by atoms with Crippen LogP contribution in [-0.2, 0) is 5.60 Å². The van der Waals surface area contributed by atoms with Gasteiger partial charge in [0.15, 0.2) is 0 Å². The van der Waals surface area contributed by atoms with Gasteiger partial charge in [0.1, 0.15) is 5.60 Å². The zero-order valence-corrected chi connectivity index (χ0v) is 8.66. The van der Waals surface area contributed by atoms with Crippen LogP contribution in [0.15, 0.2) is 18.3 Å². The van der Waals surface area contributed by atoms with Crippen LogP contribution in [-0.4, -0.2) is 10.1 Å². The summed E-state index contributed by atoms with van der Waals surface area (Å²) in [5.74, 6) is 0. The highest BCUT2D eigenvalue weighted by Gasteiger charge is 2.32. The van der Waals surface area contributed by atoms with Crippen LogP contribution in [0.3, 0.4) is 0 Å². The highest BCUT2D eigenvalue weighted by Crippen LogP contribution is 2.35. The molecule has 0 aliphatic heterocycles. The van der Waals surface area contributed by atoms with Crippen molar-refractivity contribution < 1.29 is 5.11 Å². The molecule has 0 amide bonds. The first-order valence-corrected chi connectivity index (χ1v) is 5.36. The predicted octanol–water partition coefficient (Wildman–Crippen LogP) is 2.54. The molecule has 0 unspecified atom stereocenters. The third kappa shape index (κ3) is 1.80. The molecular weight excluding hydrogens is 174 g/mol. The molecule has 0 atom stereocenters. The second kappa shape index (κ2) is 3.70. The van der Waals surface area contributed by atoms with Gasteiger partial charge in [0, 0.05) is 6.20 Å². The lowest BCUT2D eigenvalue weighted by molar-refractivity contribution is -0.00468. The average Bonchev–Trinajstić information content (AvgIpc) is 2.19. The summed E-state index contributed by atoms with van der Waals surface area (Å²) in [7, 11) is 0. The molecule has 2 nitrogen and oxygen atoms in total. The van der Waals surface area contributed by atoms with Crippen molar-refractivity contribution in [3.05, 3.63) is 29.6 Å². The molecule has 1 saturated carbocycles. The van der Waals surface area contributed by atoms with Gasteiger partial charge in [-0.05, 0) is 37.5 Å². The fraction of sp³-hybridized carbons (Fsp3) is 0.583. The SMILES string of the molecule is Cc1ccnc(C2(O)CCCCC2)c1. The van der Waals surface area contributed by atoms with Crippen LogP contribution >= 0.6 is 0 Å². The zero-order chi connectivity index (χ0) is 10.0. The summed E-state index contributed by atoms with van der Waals surface area (Å²) in [5.41, 5.74) is 1.38. The molecule has 2 heteroatoms. The number of aliphatic hydroxyl groups is 1.